The third-order valence-electron chi connectivity index (χ3n) is 5.98. The molecule has 0 aliphatic carbocycles. The van der Waals surface area contributed by atoms with E-state index in [1.54, 1.807) is 19.5 Å². The fraction of sp³-hybridized carbons (Fsp3) is 0.333. The number of ether oxygens (including phenoxy) is 1. The first-order valence-electron chi connectivity index (χ1n) is 10.7. The van der Waals surface area contributed by atoms with Gasteiger partial charge in [0, 0.05) is 60.7 Å². The Labute approximate surface area is 192 Å². The fourth-order valence-electron chi connectivity index (χ4n) is 3.82. The predicted octanol–water partition coefficient (Wildman–Crippen LogP) is 2.91. The normalized spacial score (nSPS) is 16.6. The Hall–Kier alpha value is -3.72. The number of carbonyl (C=O) groups is 1. The van der Waals surface area contributed by atoms with Gasteiger partial charge in [-0.25, -0.2) is 15.0 Å². The maximum Gasteiger partial charge on any atom is 0.227 e. The molecule has 3 heterocycles. The van der Waals surface area contributed by atoms with E-state index in [9.17, 15) is 9.90 Å². The van der Waals surface area contributed by atoms with Gasteiger partial charge in [-0.05, 0) is 36.2 Å². The summed E-state index contributed by atoms with van der Waals surface area (Å²) < 4.78 is 5.43. The maximum atomic E-state index is 11.4. The predicted molar refractivity (Wildman–Crippen MR) is 127 cm³/mol. The molecule has 4 N–H and O–H groups in total. The molecule has 172 valence electrons. The summed E-state index contributed by atoms with van der Waals surface area (Å²) in [6.45, 7) is 6.53. The average molecular weight is 449 g/mol. The van der Waals surface area contributed by atoms with Crippen molar-refractivity contribution in [3.05, 3.63) is 53.3 Å². The molecule has 0 spiro atoms. The van der Waals surface area contributed by atoms with Gasteiger partial charge in [-0.15, -0.1) is 0 Å². The zero-order valence-corrected chi connectivity index (χ0v) is 19.2. The Bertz CT molecular complexity index is 1200. The number of nitrogens with zero attached hydrogens (tertiary/aromatic N) is 3. The number of carbonyl (C=O) groups excluding carboxylic acids is 1. The van der Waals surface area contributed by atoms with E-state index in [1.807, 2.05) is 38.1 Å². The topological polar surface area (TPSA) is 121 Å². The van der Waals surface area contributed by atoms with Crippen molar-refractivity contribution in [3.63, 3.8) is 0 Å². The molecule has 0 saturated carbocycles. The number of rotatable bonds is 7. The van der Waals surface area contributed by atoms with Gasteiger partial charge in [-0.3, -0.25) is 4.79 Å². The lowest BCUT2D eigenvalue weighted by Gasteiger charge is -2.20. The molecule has 0 fully saturated rings. The van der Waals surface area contributed by atoms with Crippen molar-refractivity contribution in [1.29, 1.82) is 0 Å². The van der Waals surface area contributed by atoms with Crippen LogP contribution < -0.4 is 20.7 Å². The Morgan fingerprint density at radius 1 is 1.30 bits per heavy atom. The zero-order valence-electron chi connectivity index (χ0n) is 19.2. The molecular formula is C24H28N6O3. The Morgan fingerprint density at radius 2 is 2.12 bits per heavy atom. The van der Waals surface area contributed by atoms with Gasteiger partial charge in [0.15, 0.2) is 0 Å². The highest BCUT2D eigenvalue weighted by Crippen LogP contribution is 2.37. The summed E-state index contributed by atoms with van der Waals surface area (Å²) in [5.74, 6) is 1.79. The van der Waals surface area contributed by atoms with Crippen LogP contribution in [0.15, 0.2) is 36.7 Å². The summed E-state index contributed by atoms with van der Waals surface area (Å²) in [5.41, 5.74) is 4.83. The van der Waals surface area contributed by atoms with Crippen LogP contribution in [-0.2, 0) is 16.8 Å². The molecule has 33 heavy (non-hydrogen) atoms. The summed E-state index contributed by atoms with van der Waals surface area (Å²) in [7, 11) is 1.60. The molecule has 0 radical (unpaired) electrons. The SMILES string of the molecule is COc1cc(CNC(C)=O)c(C)c(Nc2nccc(-c3cnc4c(c3)C(C)(CO)CN4)n2)c1. The molecule has 9 nitrogen and oxygen atoms in total. The molecule has 9 heteroatoms. The van der Waals surface area contributed by atoms with Crippen LogP contribution >= 0.6 is 0 Å². The van der Waals surface area contributed by atoms with E-state index in [0.717, 1.165) is 33.8 Å². The molecule has 1 atom stereocenters. The number of methoxy groups -OCH3 is 1. The minimum Gasteiger partial charge on any atom is -0.497 e. The van der Waals surface area contributed by atoms with E-state index in [4.69, 9.17) is 4.74 Å². The molecule has 4 rings (SSSR count). The zero-order chi connectivity index (χ0) is 23.6. The maximum absolute atomic E-state index is 11.4. The summed E-state index contributed by atoms with van der Waals surface area (Å²) >= 11 is 0. The highest BCUT2D eigenvalue weighted by molar-refractivity contribution is 5.73. The summed E-state index contributed by atoms with van der Waals surface area (Å²) in [4.78, 5) is 24.9. The summed E-state index contributed by atoms with van der Waals surface area (Å²) in [5, 5.41) is 19.2. The highest BCUT2D eigenvalue weighted by Gasteiger charge is 2.35. The van der Waals surface area contributed by atoms with E-state index in [2.05, 4.69) is 30.9 Å². The van der Waals surface area contributed by atoms with Crippen LogP contribution in [-0.4, -0.2) is 46.2 Å². The standard InChI is InChI=1S/C24H28N6O3/c1-14-16(10-26-15(2)32)7-18(33-4)9-21(14)30-23-25-6-5-20(29-23)17-8-19-22(27-11-17)28-12-24(19,3)13-31/h5-9,11,31H,10,12-13H2,1-4H3,(H,26,32)(H,27,28)(H,25,29,30). The molecule has 1 aromatic carbocycles. The van der Waals surface area contributed by atoms with E-state index in [1.165, 1.54) is 6.92 Å². The van der Waals surface area contributed by atoms with Crippen molar-refractivity contribution in [2.45, 2.75) is 32.7 Å². The van der Waals surface area contributed by atoms with Gasteiger partial charge in [0.05, 0.1) is 19.4 Å². The number of nitrogens with one attached hydrogen (secondary N) is 3. The van der Waals surface area contributed by atoms with Crippen LogP contribution in [0.5, 0.6) is 5.75 Å². The van der Waals surface area contributed by atoms with Gasteiger partial charge in [-0.2, -0.15) is 0 Å². The molecule has 1 unspecified atom stereocenters. The van der Waals surface area contributed by atoms with E-state index in [0.29, 0.717) is 30.5 Å². The average Bonchev–Trinajstić information content (AvgIpc) is 3.16. The van der Waals surface area contributed by atoms with Gasteiger partial charge in [-0.1, -0.05) is 6.92 Å². The first-order chi connectivity index (χ1) is 15.8. The molecule has 1 aliphatic heterocycles. The van der Waals surface area contributed by atoms with Crippen molar-refractivity contribution in [3.8, 4) is 17.0 Å². The highest BCUT2D eigenvalue weighted by atomic mass is 16.5. The minimum atomic E-state index is -0.380. The molecule has 2 aromatic heterocycles. The lowest BCUT2D eigenvalue weighted by Crippen LogP contribution is -2.28. The van der Waals surface area contributed by atoms with Gasteiger partial charge in [0.2, 0.25) is 11.9 Å². The van der Waals surface area contributed by atoms with Crippen molar-refractivity contribution >= 4 is 23.4 Å². The van der Waals surface area contributed by atoms with Crippen LogP contribution in [0.2, 0.25) is 0 Å². The first kappa shape index (κ1) is 22.5. The quantitative estimate of drug-likeness (QED) is 0.435. The van der Waals surface area contributed by atoms with Crippen LogP contribution in [0.3, 0.4) is 0 Å². The second kappa shape index (κ2) is 9.03. The number of pyridine rings is 1. The van der Waals surface area contributed by atoms with Crippen molar-refractivity contribution < 1.29 is 14.6 Å². The Kier molecular flexibility index (Phi) is 6.15. The first-order valence-corrected chi connectivity index (χ1v) is 10.7. The monoisotopic (exact) mass is 448 g/mol. The molecule has 3 aromatic rings. The number of hydrogen-bond acceptors (Lipinski definition) is 8. The second-order valence-corrected chi connectivity index (χ2v) is 8.45. The van der Waals surface area contributed by atoms with E-state index < -0.39 is 0 Å². The number of benzene rings is 1. The summed E-state index contributed by atoms with van der Waals surface area (Å²) in [6, 6.07) is 7.62. The minimum absolute atomic E-state index is 0.0324. The van der Waals surface area contributed by atoms with Crippen LogP contribution in [0.1, 0.15) is 30.5 Å². The van der Waals surface area contributed by atoms with Gasteiger partial charge >= 0.3 is 0 Å². The lowest BCUT2D eigenvalue weighted by molar-refractivity contribution is -0.119. The number of aliphatic hydroxyl groups excluding tert-OH is 1. The van der Waals surface area contributed by atoms with Crippen LogP contribution in [0.4, 0.5) is 17.5 Å². The Morgan fingerprint density at radius 3 is 2.85 bits per heavy atom. The molecule has 0 bridgehead atoms. The molecule has 1 amide bonds. The number of aromatic nitrogens is 3. The summed E-state index contributed by atoms with van der Waals surface area (Å²) in [6.07, 6.45) is 3.46. The van der Waals surface area contributed by atoms with Gasteiger partial charge in [0.25, 0.3) is 0 Å². The van der Waals surface area contributed by atoms with E-state index in [-0.39, 0.29) is 17.9 Å². The van der Waals surface area contributed by atoms with Crippen LogP contribution in [0, 0.1) is 6.92 Å². The number of fused-ring (bicyclic) bond motifs is 1. The third-order valence-corrected chi connectivity index (χ3v) is 5.98. The smallest absolute Gasteiger partial charge is 0.227 e. The number of anilines is 3. The van der Waals surface area contributed by atoms with E-state index >= 15 is 0 Å². The third kappa shape index (κ3) is 4.58. The largest absolute Gasteiger partial charge is 0.497 e. The van der Waals surface area contributed by atoms with Gasteiger partial charge in [0.1, 0.15) is 11.6 Å². The lowest BCUT2D eigenvalue weighted by atomic mass is 9.85. The fourth-order valence-corrected chi connectivity index (χ4v) is 3.82. The van der Waals surface area contributed by atoms with Gasteiger partial charge < -0.3 is 25.8 Å². The van der Waals surface area contributed by atoms with Crippen molar-refractivity contribution in [1.82, 2.24) is 20.3 Å². The van der Waals surface area contributed by atoms with Crippen LogP contribution in [0.25, 0.3) is 11.3 Å². The number of hydrogen-bond donors (Lipinski definition) is 4. The Balaban J connectivity index is 1.64. The van der Waals surface area contributed by atoms with Crippen molar-refractivity contribution in [2.75, 3.05) is 30.9 Å². The number of aliphatic hydroxyl groups is 1. The molecular weight excluding hydrogens is 420 g/mol. The van der Waals surface area contributed by atoms with Crippen molar-refractivity contribution in [2.24, 2.45) is 0 Å². The number of amides is 1. The molecule has 1 aliphatic rings. The second-order valence-electron chi connectivity index (χ2n) is 8.45. The molecule has 0 saturated heterocycles.